The van der Waals surface area contributed by atoms with Crippen molar-refractivity contribution in [1.82, 2.24) is 0 Å². The number of hydrogen-bond donors (Lipinski definition) is 0. The lowest BCUT2D eigenvalue weighted by Crippen LogP contribution is -2.53. The van der Waals surface area contributed by atoms with Crippen LogP contribution >= 0.6 is 15.9 Å². The molecule has 0 N–H and O–H groups in total. The summed E-state index contributed by atoms with van der Waals surface area (Å²) in [6, 6.07) is 2.19. The lowest BCUT2D eigenvalue weighted by Gasteiger charge is -2.45. The van der Waals surface area contributed by atoms with E-state index in [9.17, 15) is 4.79 Å². The summed E-state index contributed by atoms with van der Waals surface area (Å²) < 4.78 is 17.9. The van der Waals surface area contributed by atoms with Crippen molar-refractivity contribution in [2.75, 3.05) is 0 Å². The molecule has 0 aromatic heterocycles. The van der Waals surface area contributed by atoms with Gasteiger partial charge >= 0.3 is 5.97 Å². The lowest BCUT2D eigenvalue weighted by atomic mass is 9.77. The molecule has 0 aromatic carbocycles. The predicted molar refractivity (Wildman–Crippen MR) is 77.8 cm³/mol. The smallest absolute Gasteiger partial charge is 0.303 e. The maximum Gasteiger partial charge on any atom is 0.303 e. The third-order valence-electron chi connectivity index (χ3n) is 4.77. The minimum atomic E-state index is -0.272. The Morgan fingerprint density at radius 1 is 1.48 bits per heavy atom. The van der Waals surface area contributed by atoms with Crippen molar-refractivity contribution in [3.05, 3.63) is 0 Å². The fourth-order valence-electron chi connectivity index (χ4n) is 3.94. The zero-order valence-electron chi connectivity index (χ0n) is 12.1. The number of fused-ring (bicyclic) bond motifs is 1. The first-order valence-corrected chi connectivity index (χ1v) is 8.47. The van der Waals surface area contributed by atoms with Gasteiger partial charge in [0.1, 0.15) is 6.10 Å². The van der Waals surface area contributed by atoms with Gasteiger partial charge in [-0.15, -0.1) is 0 Å². The van der Waals surface area contributed by atoms with Crippen LogP contribution in [0.1, 0.15) is 45.4 Å². The zero-order chi connectivity index (χ0) is 15.0. The van der Waals surface area contributed by atoms with Crippen LogP contribution in [-0.2, 0) is 19.0 Å². The van der Waals surface area contributed by atoms with Gasteiger partial charge in [-0.1, -0.05) is 15.9 Å². The van der Waals surface area contributed by atoms with Crippen LogP contribution in [-0.4, -0.2) is 40.8 Å². The molecule has 3 fully saturated rings. The number of carbonyl (C=O) groups is 1. The number of halogens is 1. The summed E-state index contributed by atoms with van der Waals surface area (Å²) in [4.78, 5) is 11.3. The number of hydrogen-bond acceptors (Lipinski definition) is 5. The minimum absolute atomic E-state index is 0.0554. The van der Waals surface area contributed by atoms with E-state index in [0.29, 0.717) is 6.42 Å². The Hall–Kier alpha value is -0.640. The Labute approximate surface area is 133 Å². The summed E-state index contributed by atoms with van der Waals surface area (Å²) >= 11 is 3.64. The summed E-state index contributed by atoms with van der Waals surface area (Å²) in [5.41, 5.74) is -0.270. The monoisotopic (exact) mass is 357 g/mol. The molecule has 2 bridgehead atoms. The van der Waals surface area contributed by atoms with Gasteiger partial charge in [0, 0.05) is 19.8 Å². The van der Waals surface area contributed by atoms with Gasteiger partial charge in [-0.2, -0.15) is 5.26 Å². The molecule has 0 aromatic rings. The molecule has 2 heterocycles. The van der Waals surface area contributed by atoms with E-state index >= 15 is 0 Å². The molecule has 6 heteroatoms. The number of nitrogens with zero attached hydrogens (tertiary/aromatic N) is 1. The molecule has 2 aliphatic heterocycles. The van der Waals surface area contributed by atoms with Crippen molar-refractivity contribution >= 4 is 21.9 Å². The SMILES string of the molecule is CC(=O)O[C@@H]1C(Br)C[C@]23C[C@H]1O[C@H]2CCC(CCC#N)O3. The molecule has 5 nitrogen and oxygen atoms in total. The van der Waals surface area contributed by atoms with Crippen molar-refractivity contribution in [2.45, 2.75) is 80.3 Å². The number of esters is 1. The first-order chi connectivity index (χ1) is 10.0. The molecule has 2 unspecified atom stereocenters. The third kappa shape index (κ3) is 2.84. The van der Waals surface area contributed by atoms with Crippen molar-refractivity contribution in [3.8, 4) is 6.07 Å². The van der Waals surface area contributed by atoms with Gasteiger partial charge in [-0.25, -0.2) is 0 Å². The van der Waals surface area contributed by atoms with E-state index in [2.05, 4.69) is 22.0 Å². The van der Waals surface area contributed by atoms with E-state index in [1.807, 2.05) is 0 Å². The van der Waals surface area contributed by atoms with Crippen LogP contribution in [0.4, 0.5) is 0 Å². The Balaban J connectivity index is 1.72. The quantitative estimate of drug-likeness (QED) is 0.573. The standard InChI is InChI=1S/C15H20BrNO4/c1-9(18)19-14-11(16)7-15-8-12(14)20-13(15)5-4-10(21-15)3-2-6-17/h10-14H,2-5,7-8H2,1H3/t10?,11?,12-,13+,14-,15+/m1/s1. The van der Waals surface area contributed by atoms with Crippen molar-refractivity contribution < 1.29 is 19.0 Å². The molecule has 21 heavy (non-hydrogen) atoms. The molecule has 3 aliphatic rings. The number of nitriles is 1. The lowest BCUT2D eigenvalue weighted by molar-refractivity contribution is -0.166. The fourth-order valence-corrected chi connectivity index (χ4v) is 4.94. The second kappa shape index (κ2) is 5.86. The first-order valence-electron chi connectivity index (χ1n) is 7.55. The molecule has 0 amide bonds. The molecule has 3 rings (SSSR count). The highest BCUT2D eigenvalue weighted by atomic mass is 79.9. The maximum atomic E-state index is 11.3. The van der Waals surface area contributed by atoms with Gasteiger partial charge in [0.15, 0.2) is 0 Å². The number of rotatable bonds is 3. The van der Waals surface area contributed by atoms with Crippen molar-refractivity contribution in [1.29, 1.82) is 5.26 Å². The van der Waals surface area contributed by atoms with E-state index in [4.69, 9.17) is 19.5 Å². The van der Waals surface area contributed by atoms with Crippen LogP contribution in [0.2, 0.25) is 0 Å². The van der Waals surface area contributed by atoms with Gasteiger partial charge in [-0.3, -0.25) is 4.79 Å². The van der Waals surface area contributed by atoms with E-state index in [-0.39, 0.29) is 40.8 Å². The van der Waals surface area contributed by atoms with Crippen molar-refractivity contribution in [2.24, 2.45) is 0 Å². The molecule has 116 valence electrons. The summed E-state index contributed by atoms with van der Waals surface area (Å²) in [6.07, 6.45) is 4.68. The third-order valence-corrected chi connectivity index (χ3v) is 5.61. The highest BCUT2D eigenvalue weighted by Gasteiger charge is 2.60. The average Bonchev–Trinajstić information content (AvgIpc) is 2.74. The molecular formula is C15H20BrNO4. The summed E-state index contributed by atoms with van der Waals surface area (Å²) in [7, 11) is 0. The largest absolute Gasteiger partial charge is 0.459 e. The number of alkyl halides is 1. The molecule has 1 saturated carbocycles. The van der Waals surface area contributed by atoms with Gasteiger partial charge in [-0.05, 0) is 25.7 Å². The minimum Gasteiger partial charge on any atom is -0.459 e. The Morgan fingerprint density at radius 2 is 2.29 bits per heavy atom. The zero-order valence-corrected chi connectivity index (χ0v) is 13.7. The van der Waals surface area contributed by atoms with E-state index in [1.54, 1.807) is 0 Å². The predicted octanol–water partition coefficient (Wildman–Crippen LogP) is 2.46. The first kappa shape index (κ1) is 15.3. The normalized spacial score (nSPS) is 44.7. The Bertz CT molecular complexity index is 465. The Morgan fingerprint density at radius 3 is 3.00 bits per heavy atom. The van der Waals surface area contributed by atoms with Crippen LogP contribution in [0.15, 0.2) is 0 Å². The maximum absolute atomic E-state index is 11.3. The number of carbonyl (C=O) groups excluding carboxylic acids is 1. The van der Waals surface area contributed by atoms with Crippen LogP contribution in [0.3, 0.4) is 0 Å². The summed E-state index contributed by atoms with van der Waals surface area (Å²) in [5.74, 6) is -0.272. The molecular weight excluding hydrogens is 338 g/mol. The van der Waals surface area contributed by atoms with Crippen molar-refractivity contribution in [3.63, 3.8) is 0 Å². The number of ether oxygens (including phenoxy) is 3. The highest BCUT2D eigenvalue weighted by molar-refractivity contribution is 9.09. The summed E-state index contributed by atoms with van der Waals surface area (Å²) in [6.45, 7) is 1.43. The van der Waals surface area contributed by atoms with E-state index in [1.165, 1.54) is 6.92 Å². The molecule has 6 atom stereocenters. The topological polar surface area (TPSA) is 68.5 Å². The van der Waals surface area contributed by atoms with Crippen LogP contribution in [0.5, 0.6) is 0 Å². The second-order valence-electron chi connectivity index (χ2n) is 6.24. The Kier molecular flexibility index (Phi) is 4.26. The molecule has 1 aliphatic carbocycles. The van der Waals surface area contributed by atoms with E-state index < -0.39 is 0 Å². The summed E-state index contributed by atoms with van der Waals surface area (Å²) in [5, 5.41) is 8.73. The van der Waals surface area contributed by atoms with Gasteiger partial charge in [0.2, 0.25) is 0 Å². The highest BCUT2D eigenvalue weighted by Crippen LogP contribution is 2.51. The molecule has 2 saturated heterocycles. The van der Waals surface area contributed by atoms with Gasteiger partial charge in [0.05, 0.1) is 34.8 Å². The van der Waals surface area contributed by atoms with Gasteiger partial charge < -0.3 is 14.2 Å². The fraction of sp³-hybridized carbons (Fsp3) is 0.867. The average molecular weight is 358 g/mol. The van der Waals surface area contributed by atoms with Crippen LogP contribution in [0, 0.1) is 11.3 Å². The molecule has 0 radical (unpaired) electrons. The second-order valence-corrected chi connectivity index (χ2v) is 7.42. The molecule has 1 spiro atoms. The van der Waals surface area contributed by atoms with Crippen LogP contribution < -0.4 is 0 Å². The van der Waals surface area contributed by atoms with Crippen LogP contribution in [0.25, 0.3) is 0 Å². The van der Waals surface area contributed by atoms with E-state index in [0.717, 1.165) is 32.1 Å². The van der Waals surface area contributed by atoms with Gasteiger partial charge in [0.25, 0.3) is 0 Å².